The maximum absolute atomic E-state index is 12.7. The highest BCUT2D eigenvalue weighted by Crippen LogP contribution is 2.15. The lowest BCUT2D eigenvalue weighted by molar-refractivity contribution is 0.0718. The van der Waals surface area contributed by atoms with Gasteiger partial charge < -0.3 is 14.5 Å². The second-order valence-electron chi connectivity index (χ2n) is 6.53. The van der Waals surface area contributed by atoms with Crippen LogP contribution >= 0.6 is 0 Å². The summed E-state index contributed by atoms with van der Waals surface area (Å²) < 4.78 is 5.14. The van der Waals surface area contributed by atoms with E-state index in [9.17, 15) is 9.59 Å². The van der Waals surface area contributed by atoms with Gasteiger partial charge in [-0.2, -0.15) is 0 Å². The topological polar surface area (TPSA) is 49.9 Å². The Balaban J connectivity index is 1.64. The average molecular weight is 352 g/mol. The Morgan fingerprint density at radius 1 is 0.769 bits per heavy atom. The number of methoxy groups -OCH3 is 1. The van der Waals surface area contributed by atoms with Crippen molar-refractivity contribution in [2.75, 3.05) is 33.3 Å². The summed E-state index contributed by atoms with van der Waals surface area (Å²) in [5, 5.41) is 0. The molecule has 1 aliphatic heterocycles. The van der Waals surface area contributed by atoms with Crippen LogP contribution in [0.15, 0.2) is 48.5 Å². The summed E-state index contributed by atoms with van der Waals surface area (Å²) in [7, 11) is 1.60. The number of benzene rings is 2. The molecule has 0 unspecified atom stereocenters. The molecule has 5 heteroatoms. The molecule has 1 fully saturated rings. The van der Waals surface area contributed by atoms with Gasteiger partial charge in [0.15, 0.2) is 0 Å². The van der Waals surface area contributed by atoms with Gasteiger partial charge in [-0.15, -0.1) is 0 Å². The number of ether oxygens (including phenoxy) is 1. The first kappa shape index (κ1) is 18.0. The normalized spacial score (nSPS) is 14.7. The molecule has 2 amide bonds. The van der Waals surface area contributed by atoms with Gasteiger partial charge in [0.25, 0.3) is 11.8 Å². The number of rotatable bonds is 3. The van der Waals surface area contributed by atoms with Crippen molar-refractivity contribution in [1.29, 1.82) is 0 Å². The number of nitrogens with zero attached hydrogens (tertiary/aromatic N) is 2. The van der Waals surface area contributed by atoms with Gasteiger partial charge in [0, 0.05) is 37.3 Å². The molecule has 3 rings (SSSR count). The van der Waals surface area contributed by atoms with Crippen LogP contribution in [0.25, 0.3) is 0 Å². The zero-order valence-corrected chi connectivity index (χ0v) is 15.3. The molecule has 0 bridgehead atoms. The third-order valence-corrected chi connectivity index (χ3v) is 4.71. The molecular weight excluding hydrogens is 328 g/mol. The number of amides is 2. The Kier molecular flexibility index (Phi) is 5.56. The van der Waals surface area contributed by atoms with E-state index < -0.39 is 0 Å². The number of hydrogen-bond acceptors (Lipinski definition) is 3. The lowest BCUT2D eigenvalue weighted by Gasteiger charge is -2.22. The van der Waals surface area contributed by atoms with Crippen molar-refractivity contribution in [3.05, 3.63) is 65.2 Å². The molecular formula is C21H24N2O3. The summed E-state index contributed by atoms with van der Waals surface area (Å²) in [6, 6.07) is 14.8. The van der Waals surface area contributed by atoms with Crippen molar-refractivity contribution in [1.82, 2.24) is 9.80 Å². The minimum atomic E-state index is -0.00251. The van der Waals surface area contributed by atoms with E-state index in [1.807, 2.05) is 41.0 Å². The van der Waals surface area contributed by atoms with Gasteiger partial charge in [0.05, 0.1) is 7.11 Å². The Bertz CT molecular complexity index is 769. The lowest BCUT2D eigenvalue weighted by atomic mass is 10.1. The molecule has 5 nitrogen and oxygen atoms in total. The first-order valence-corrected chi connectivity index (χ1v) is 8.88. The van der Waals surface area contributed by atoms with Gasteiger partial charge >= 0.3 is 0 Å². The first-order valence-electron chi connectivity index (χ1n) is 8.88. The number of carbonyl (C=O) groups is 2. The van der Waals surface area contributed by atoms with Crippen LogP contribution in [0, 0.1) is 6.92 Å². The monoisotopic (exact) mass is 352 g/mol. The van der Waals surface area contributed by atoms with Crippen LogP contribution in [0.4, 0.5) is 0 Å². The van der Waals surface area contributed by atoms with Gasteiger partial charge in [-0.05, 0) is 49.7 Å². The smallest absolute Gasteiger partial charge is 0.253 e. The van der Waals surface area contributed by atoms with Gasteiger partial charge in [0.1, 0.15) is 5.75 Å². The highest BCUT2D eigenvalue weighted by atomic mass is 16.5. The fourth-order valence-electron chi connectivity index (χ4n) is 3.12. The average Bonchev–Trinajstić information content (AvgIpc) is 2.94. The van der Waals surface area contributed by atoms with E-state index in [-0.39, 0.29) is 11.8 Å². The zero-order chi connectivity index (χ0) is 18.5. The van der Waals surface area contributed by atoms with Crippen molar-refractivity contribution in [2.24, 2.45) is 0 Å². The van der Waals surface area contributed by atoms with E-state index in [0.717, 1.165) is 17.7 Å². The summed E-state index contributed by atoms with van der Waals surface area (Å²) in [5.74, 6) is 0.758. The molecule has 0 aromatic heterocycles. The van der Waals surface area contributed by atoms with Crippen LogP contribution in [0.2, 0.25) is 0 Å². The van der Waals surface area contributed by atoms with Gasteiger partial charge in [-0.1, -0.05) is 17.7 Å². The van der Waals surface area contributed by atoms with Crippen molar-refractivity contribution >= 4 is 11.8 Å². The minimum absolute atomic E-state index is 0.00251. The Hall–Kier alpha value is -2.82. The summed E-state index contributed by atoms with van der Waals surface area (Å²) in [6.45, 7) is 4.42. The van der Waals surface area contributed by atoms with Crippen LogP contribution < -0.4 is 4.74 Å². The molecule has 1 saturated heterocycles. The Morgan fingerprint density at radius 3 is 1.69 bits per heavy atom. The largest absolute Gasteiger partial charge is 0.497 e. The van der Waals surface area contributed by atoms with E-state index in [1.54, 1.807) is 31.4 Å². The van der Waals surface area contributed by atoms with Crippen molar-refractivity contribution in [2.45, 2.75) is 13.3 Å². The Labute approximate surface area is 154 Å². The van der Waals surface area contributed by atoms with E-state index in [0.29, 0.717) is 37.3 Å². The quantitative estimate of drug-likeness (QED) is 0.853. The van der Waals surface area contributed by atoms with Crippen LogP contribution in [0.5, 0.6) is 5.75 Å². The molecule has 1 heterocycles. The highest BCUT2D eigenvalue weighted by molar-refractivity contribution is 5.95. The molecule has 1 aliphatic rings. The maximum Gasteiger partial charge on any atom is 0.253 e. The summed E-state index contributed by atoms with van der Waals surface area (Å²) >= 11 is 0. The molecule has 0 aliphatic carbocycles. The minimum Gasteiger partial charge on any atom is -0.497 e. The predicted molar refractivity (Wildman–Crippen MR) is 101 cm³/mol. The third-order valence-electron chi connectivity index (χ3n) is 4.71. The predicted octanol–water partition coefficient (Wildman–Crippen LogP) is 2.99. The second-order valence-corrected chi connectivity index (χ2v) is 6.53. The highest BCUT2D eigenvalue weighted by Gasteiger charge is 2.23. The van der Waals surface area contributed by atoms with Crippen LogP contribution in [0.3, 0.4) is 0 Å². The summed E-state index contributed by atoms with van der Waals surface area (Å²) in [4.78, 5) is 29.1. The van der Waals surface area contributed by atoms with Crippen LogP contribution in [0.1, 0.15) is 32.7 Å². The fraction of sp³-hybridized carbons (Fsp3) is 0.333. The van der Waals surface area contributed by atoms with E-state index >= 15 is 0 Å². The number of hydrogen-bond donors (Lipinski definition) is 0. The standard InChI is InChI=1S/C21H24N2O3/c1-16-4-6-17(7-5-16)20(24)22-12-3-13-23(15-14-22)21(25)18-8-10-19(26-2)11-9-18/h4-11H,3,12-15H2,1-2H3. The maximum atomic E-state index is 12.7. The van der Waals surface area contributed by atoms with Crippen molar-refractivity contribution in [3.8, 4) is 5.75 Å². The van der Waals surface area contributed by atoms with Crippen molar-refractivity contribution < 1.29 is 14.3 Å². The molecule has 0 atom stereocenters. The van der Waals surface area contributed by atoms with Gasteiger partial charge in [-0.3, -0.25) is 9.59 Å². The first-order chi connectivity index (χ1) is 12.6. The second kappa shape index (κ2) is 8.04. The van der Waals surface area contributed by atoms with E-state index in [1.165, 1.54) is 0 Å². The molecule has 0 radical (unpaired) electrons. The van der Waals surface area contributed by atoms with Crippen LogP contribution in [-0.2, 0) is 0 Å². The molecule has 2 aromatic rings. The molecule has 0 N–H and O–H groups in total. The third kappa shape index (κ3) is 4.04. The van der Waals surface area contributed by atoms with Crippen molar-refractivity contribution in [3.63, 3.8) is 0 Å². The summed E-state index contributed by atoms with van der Waals surface area (Å²) in [5.41, 5.74) is 2.48. The summed E-state index contributed by atoms with van der Waals surface area (Å²) in [6.07, 6.45) is 0.777. The molecule has 2 aromatic carbocycles. The van der Waals surface area contributed by atoms with Crippen LogP contribution in [-0.4, -0.2) is 54.9 Å². The SMILES string of the molecule is COc1ccc(C(=O)N2CCCN(C(=O)c3ccc(C)cc3)CC2)cc1. The fourth-order valence-corrected chi connectivity index (χ4v) is 3.12. The number of carbonyl (C=O) groups excluding carboxylic acids is 2. The zero-order valence-electron chi connectivity index (χ0n) is 15.3. The van der Waals surface area contributed by atoms with Gasteiger partial charge in [-0.25, -0.2) is 0 Å². The molecule has 26 heavy (non-hydrogen) atoms. The lowest BCUT2D eigenvalue weighted by Crippen LogP contribution is -2.37. The molecule has 0 spiro atoms. The van der Waals surface area contributed by atoms with Gasteiger partial charge in [0.2, 0.25) is 0 Å². The van der Waals surface area contributed by atoms with E-state index in [2.05, 4.69) is 0 Å². The number of aryl methyl sites for hydroxylation is 1. The molecule has 136 valence electrons. The van der Waals surface area contributed by atoms with E-state index in [4.69, 9.17) is 4.74 Å². The Morgan fingerprint density at radius 2 is 1.23 bits per heavy atom. The molecule has 0 saturated carbocycles.